The van der Waals surface area contributed by atoms with Gasteiger partial charge in [0.15, 0.2) is 0 Å². The van der Waals surface area contributed by atoms with Crippen molar-refractivity contribution in [2.45, 2.75) is 102 Å². The maximum atomic E-state index is 16.2. The summed E-state index contributed by atoms with van der Waals surface area (Å²) in [6.07, 6.45) is 18.4. The zero-order valence-corrected chi connectivity index (χ0v) is 43.8. The molecule has 4 bridgehead atoms. The van der Waals surface area contributed by atoms with E-state index in [9.17, 15) is 0 Å². The van der Waals surface area contributed by atoms with Crippen molar-refractivity contribution in [3.8, 4) is 67.0 Å². The summed E-state index contributed by atoms with van der Waals surface area (Å²) in [5, 5.41) is 1.54. The number of hydrogen-bond donors (Lipinski definition) is 0. The molecular formula is C70H59BN4O2. The van der Waals surface area contributed by atoms with E-state index in [0.29, 0.717) is 23.7 Å². The van der Waals surface area contributed by atoms with Gasteiger partial charge in [-0.2, -0.15) is 0 Å². The highest BCUT2D eigenvalue weighted by atomic mass is 16.1. The van der Waals surface area contributed by atoms with Crippen LogP contribution in [0.5, 0.6) is 0 Å². The fourth-order valence-electron chi connectivity index (χ4n) is 15.8. The fraction of sp³-hybridized carbons (Fsp3) is 0.229. The maximum Gasteiger partial charge on any atom is 0.456 e. The number of benzene rings is 8. The molecule has 2 saturated carbocycles. The highest BCUT2D eigenvalue weighted by molar-refractivity contribution is 6.76. The predicted molar refractivity (Wildman–Crippen MR) is 318 cm³/mol. The first-order valence-corrected chi connectivity index (χ1v) is 28.7. The topological polar surface area (TPSA) is 53.9 Å². The lowest BCUT2D eigenvalue weighted by Crippen LogP contribution is -2.40. The molecule has 9 aliphatic rings. The molecule has 2 fully saturated rings. The Hall–Kier alpha value is -8.16. The molecule has 2 aromatic heterocycles. The minimum atomic E-state index is -0.521. The number of rotatable bonds is 6. The third-order valence-electron chi connectivity index (χ3n) is 19.1. The van der Waals surface area contributed by atoms with E-state index in [-0.39, 0.29) is 11.1 Å². The van der Waals surface area contributed by atoms with Crippen LogP contribution in [-0.4, -0.2) is 25.5 Å². The normalized spacial score (nSPS) is 19.7. The fourth-order valence-corrected chi connectivity index (χ4v) is 15.8. The molecule has 0 spiro atoms. The van der Waals surface area contributed by atoms with Crippen LogP contribution in [0.15, 0.2) is 186 Å². The van der Waals surface area contributed by atoms with Crippen molar-refractivity contribution in [2.75, 3.05) is 0 Å². The lowest BCUT2D eigenvalue weighted by atomic mass is 9.65. The second kappa shape index (κ2) is 17.2. The molecule has 2 aliphatic heterocycles. The van der Waals surface area contributed by atoms with Crippen molar-refractivity contribution in [3.63, 3.8) is 0 Å². The zero-order valence-electron chi connectivity index (χ0n) is 43.8. The summed E-state index contributed by atoms with van der Waals surface area (Å²) >= 11 is 0. The van der Waals surface area contributed by atoms with Crippen LogP contribution in [-0.2, 0) is 0 Å². The Morgan fingerprint density at radius 1 is 0.416 bits per heavy atom. The van der Waals surface area contributed by atoms with Gasteiger partial charge in [-0.25, -0.2) is 9.36 Å². The zero-order chi connectivity index (χ0) is 51.2. The van der Waals surface area contributed by atoms with Crippen LogP contribution in [0.1, 0.15) is 130 Å². The van der Waals surface area contributed by atoms with Crippen molar-refractivity contribution in [3.05, 3.63) is 224 Å². The van der Waals surface area contributed by atoms with Crippen molar-refractivity contribution in [1.82, 2.24) is 18.5 Å². The Labute approximate surface area is 449 Å². The number of fused-ring (bicyclic) bond motifs is 14. The van der Waals surface area contributed by atoms with Crippen LogP contribution in [0.25, 0.3) is 94.4 Å². The summed E-state index contributed by atoms with van der Waals surface area (Å²) in [6.45, 7) is 3.48. The lowest BCUT2D eigenvalue weighted by Gasteiger charge is -2.38. The molecule has 0 unspecified atom stereocenters. The molecule has 0 amide bonds. The van der Waals surface area contributed by atoms with Crippen LogP contribution < -0.4 is 16.6 Å². The van der Waals surface area contributed by atoms with Gasteiger partial charge in [0.2, 0.25) is 0 Å². The summed E-state index contributed by atoms with van der Waals surface area (Å²) < 4.78 is 8.80. The smallest absolute Gasteiger partial charge is 0.291 e. The van der Waals surface area contributed by atoms with Crippen LogP contribution in [0.4, 0.5) is 0 Å². The SMILES string of the molecule is CC.O=c1c2cc3c(cc2n2n1-c1c(-c4c(C5=CCCC=C5)cccc4-c4ccccc4)cc(-c4c(-c5ccccc5)cccc4-c4ccccc4)c4c1B2n1c2cc5c(cc2c(=O)n1-4)C1CCC5CC1)C1CCC3CC1. The summed E-state index contributed by atoms with van der Waals surface area (Å²) in [5.74, 6) is 1.94. The van der Waals surface area contributed by atoms with Crippen LogP contribution in [0.2, 0.25) is 0 Å². The Morgan fingerprint density at radius 3 is 1.21 bits per heavy atom. The standard InChI is InChI=1S/C68H53BN4O2.C2H6/c74-67-56-35-52-44-27-31-46(32-28-44)54(52)38-60(56)72-69-64-65(70(67)72)58(62-48(40-15-5-1-6-16-40)23-13-24-49(62)41-17-7-2-8-18-41)37-59(63-50(42-19-9-3-10-20-42)25-14-26-51(63)43-21-11-4-12-22-43)66(64)71-68(75)57-36-53-45-29-33-47(34-30-45)55(53)39-61(57)73(69)71;1-2/h1-3,5-11,13-26,35-39,44-47H,4,12,27-34H2;1-2H3. The third-order valence-corrected chi connectivity index (χ3v) is 19.1. The van der Waals surface area contributed by atoms with Gasteiger partial charge in [-0.15, -0.1) is 0 Å². The Balaban J connectivity index is 0.00000246. The molecule has 8 aromatic carbocycles. The molecule has 10 aromatic rings. The van der Waals surface area contributed by atoms with E-state index in [2.05, 4.69) is 195 Å². The average molecular weight is 999 g/mol. The molecule has 7 aliphatic carbocycles. The molecule has 0 atom stereocenters. The average Bonchev–Trinajstić information content (AvgIpc) is 4.36. The third kappa shape index (κ3) is 6.31. The number of nitrogens with zero attached hydrogens (tertiary/aromatic N) is 4. The second-order valence-corrected chi connectivity index (χ2v) is 22.7. The monoisotopic (exact) mass is 998 g/mol. The van der Waals surface area contributed by atoms with Gasteiger partial charge < -0.3 is 0 Å². The molecule has 374 valence electrons. The molecule has 7 heteroatoms. The van der Waals surface area contributed by atoms with Crippen molar-refractivity contribution >= 4 is 39.8 Å². The van der Waals surface area contributed by atoms with E-state index in [1.165, 1.54) is 79.2 Å². The quantitative estimate of drug-likeness (QED) is 0.156. The minimum Gasteiger partial charge on any atom is -0.291 e. The Kier molecular flexibility index (Phi) is 10.1. The van der Waals surface area contributed by atoms with Crippen molar-refractivity contribution in [2.24, 2.45) is 0 Å². The summed E-state index contributed by atoms with van der Waals surface area (Å²) in [5.41, 5.74) is 23.2. The molecule has 19 rings (SSSR count). The van der Waals surface area contributed by atoms with Gasteiger partial charge in [0.1, 0.15) is 0 Å². The van der Waals surface area contributed by atoms with E-state index in [1.54, 1.807) is 0 Å². The molecule has 0 N–H and O–H groups in total. The van der Waals surface area contributed by atoms with E-state index in [4.69, 9.17) is 0 Å². The van der Waals surface area contributed by atoms with E-state index < -0.39 is 6.98 Å². The van der Waals surface area contributed by atoms with E-state index >= 15 is 9.59 Å². The molecule has 6 nitrogen and oxygen atoms in total. The molecule has 0 saturated heterocycles. The summed E-state index contributed by atoms with van der Waals surface area (Å²) in [4.78, 5) is 32.4. The summed E-state index contributed by atoms with van der Waals surface area (Å²) in [6, 6.07) is 57.5. The van der Waals surface area contributed by atoms with Crippen LogP contribution in [0.3, 0.4) is 0 Å². The van der Waals surface area contributed by atoms with Gasteiger partial charge in [-0.1, -0.05) is 159 Å². The highest BCUT2D eigenvalue weighted by Crippen LogP contribution is 2.54. The maximum absolute atomic E-state index is 16.2. The van der Waals surface area contributed by atoms with Gasteiger partial charge in [0.25, 0.3) is 11.1 Å². The van der Waals surface area contributed by atoms with Gasteiger partial charge in [-0.05, 0) is 196 Å². The number of hydrogen-bond acceptors (Lipinski definition) is 2. The van der Waals surface area contributed by atoms with Crippen molar-refractivity contribution in [1.29, 1.82) is 0 Å². The first kappa shape index (κ1) is 45.1. The second-order valence-electron chi connectivity index (χ2n) is 22.7. The molecule has 77 heavy (non-hydrogen) atoms. The first-order chi connectivity index (χ1) is 38.1. The largest absolute Gasteiger partial charge is 0.456 e. The van der Waals surface area contributed by atoms with E-state index in [1.807, 2.05) is 13.8 Å². The first-order valence-electron chi connectivity index (χ1n) is 28.7. The van der Waals surface area contributed by atoms with Gasteiger partial charge in [0.05, 0.1) is 33.2 Å². The minimum absolute atomic E-state index is 0.00113. The van der Waals surface area contributed by atoms with E-state index in [0.717, 1.165) is 113 Å². The van der Waals surface area contributed by atoms with Gasteiger partial charge in [0, 0.05) is 16.6 Å². The number of aromatic nitrogens is 4. The predicted octanol–water partition coefficient (Wildman–Crippen LogP) is 15.9. The van der Waals surface area contributed by atoms with Crippen LogP contribution >= 0.6 is 0 Å². The van der Waals surface area contributed by atoms with Crippen molar-refractivity contribution < 1.29 is 0 Å². The summed E-state index contributed by atoms with van der Waals surface area (Å²) in [7, 11) is 0. The molecular weight excluding hydrogens is 940 g/mol. The highest BCUT2D eigenvalue weighted by Gasteiger charge is 2.51. The number of allylic oxidation sites excluding steroid dienone is 4. The Morgan fingerprint density at radius 2 is 0.805 bits per heavy atom. The molecule has 0 radical (unpaired) electrons. The lowest BCUT2D eigenvalue weighted by molar-refractivity contribution is 0.359. The van der Waals surface area contributed by atoms with Gasteiger partial charge in [-0.3, -0.25) is 18.8 Å². The Bertz CT molecular complexity index is 4250. The van der Waals surface area contributed by atoms with Crippen LogP contribution in [0, 0.1) is 0 Å². The van der Waals surface area contributed by atoms with Gasteiger partial charge >= 0.3 is 6.98 Å². The molecule has 4 heterocycles.